The molecule has 0 aromatic carbocycles. The molecule has 0 aromatic rings. The third-order valence-corrected chi connectivity index (χ3v) is 2.50. The lowest BCUT2D eigenvalue weighted by Crippen LogP contribution is -2.45. The van der Waals surface area contributed by atoms with E-state index in [0.29, 0.717) is 26.1 Å². The van der Waals surface area contributed by atoms with Crippen molar-refractivity contribution in [3.8, 4) is 0 Å². The van der Waals surface area contributed by atoms with Crippen molar-refractivity contribution in [1.29, 1.82) is 0 Å². The van der Waals surface area contributed by atoms with Crippen LogP contribution < -0.4 is 0 Å². The van der Waals surface area contributed by atoms with Gasteiger partial charge in [0.15, 0.2) is 5.41 Å². The maximum absolute atomic E-state index is 11.5. The molecule has 1 fully saturated rings. The fraction of sp³-hybridized carbons (Fsp3) is 0.778. The van der Waals surface area contributed by atoms with Crippen LogP contribution in [-0.4, -0.2) is 39.4 Å². The van der Waals surface area contributed by atoms with Crippen molar-refractivity contribution < 1.29 is 23.8 Å². The number of ether oxygens (including phenoxy) is 3. The fourth-order valence-corrected chi connectivity index (χ4v) is 1.60. The first-order chi connectivity index (χ1) is 6.67. The van der Waals surface area contributed by atoms with E-state index >= 15 is 0 Å². The summed E-state index contributed by atoms with van der Waals surface area (Å²) in [4.78, 5) is 23.0. The Labute approximate surface area is 82.3 Å². The highest BCUT2D eigenvalue weighted by atomic mass is 16.5. The monoisotopic (exact) mass is 202 g/mol. The molecule has 0 amide bonds. The van der Waals surface area contributed by atoms with Crippen LogP contribution in [0.15, 0.2) is 0 Å². The molecule has 0 radical (unpaired) electrons. The maximum Gasteiger partial charge on any atom is 0.323 e. The van der Waals surface area contributed by atoms with Crippen molar-refractivity contribution >= 4 is 11.9 Å². The van der Waals surface area contributed by atoms with Gasteiger partial charge in [0.1, 0.15) is 0 Å². The maximum atomic E-state index is 11.5. The molecule has 0 bridgehead atoms. The Kier molecular flexibility index (Phi) is 3.46. The minimum Gasteiger partial charge on any atom is -0.468 e. The zero-order valence-electron chi connectivity index (χ0n) is 8.37. The largest absolute Gasteiger partial charge is 0.468 e. The summed E-state index contributed by atoms with van der Waals surface area (Å²) in [5, 5.41) is 0. The van der Waals surface area contributed by atoms with E-state index in [0.717, 1.165) is 0 Å². The predicted molar refractivity (Wildman–Crippen MR) is 46.5 cm³/mol. The molecule has 80 valence electrons. The van der Waals surface area contributed by atoms with Crippen LogP contribution in [0.3, 0.4) is 0 Å². The van der Waals surface area contributed by atoms with E-state index in [4.69, 9.17) is 4.74 Å². The minimum absolute atomic E-state index is 0.326. The van der Waals surface area contributed by atoms with Crippen LogP contribution >= 0.6 is 0 Å². The van der Waals surface area contributed by atoms with Crippen LogP contribution in [0.2, 0.25) is 0 Å². The van der Waals surface area contributed by atoms with E-state index in [1.54, 1.807) is 0 Å². The van der Waals surface area contributed by atoms with Crippen molar-refractivity contribution in [1.82, 2.24) is 0 Å². The number of carbonyl (C=O) groups is 2. The number of rotatable bonds is 2. The van der Waals surface area contributed by atoms with Gasteiger partial charge in [0.2, 0.25) is 0 Å². The third-order valence-electron chi connectivity index (χ3n) is 2.50. The SMILES string of the molecule is COC(=O)C1(C(=O)OC)CCOCC1. The first-order valence-corrected chi connectivity index (χ1v) is 4.42. The summed E-state index contributed by atoms with van der Waals surface area (Å²) in [5.41, 5.74) is -1.15. The van der Waals surface area contributed by atoms with E-state index in [-0.39, 0.29) is 0 Å². The van der Waals surface area contributed by atoms with Crippen LogP contribution in [0.4, 0.5) is 0 Å². The molecule has 0 saturated carbocycles. The zero-order valence-corrected chi connectivity index (χ0v) is 8.37. The van der Waals surface area contributed by atoms with Crippen molar-refractivity contribution in [3.05, 3.63) is 0 Å². The first kappa shape index (κ1) is 11.0. The van der Waals surface area contributed by atoms with E-state index in [1.165, 1.54) is 14.2 Å². The molecule has 1 aliphatic rings. The van der Waals surface area contributed by atoms with Crippen LogP contribution in [0, 0.1) is 5.41 Å². The van der Waals surface area contributed by atoms with Crippen molar-refractivity contribution in [3.63, 3.8) is 0 Å². The molecule has 0 spiro atoms. The van der Waals surface area contributed by atoms with Gasteiger partial charge in [0.05, 0.1) is 14.2 Å². The lowest BCUT2D eigenvalue weighted by Gasteiger charge is -2.31. The van der Waals surface area contributed by atoms with Gasteiger partial charge in [-0.2, -0.15) is 0 Å². The second kappa shape index (κ2) is 4.41. The van der Waals surface area contributed by atoms with Gasteiger partial charge in [-0.15, -0.1) is 0 Å². The Bertz CT molecular complexity index is 211. The smallest absolute Gasteiger partial charge is 0.323 e. The summed E-state index contributed by atoms with van der Waals surface area (Å²) in [6.45, 7) is 0.758. The molecule has 0 aromatic heterocycles. The molecular formula is C9H14O5. The quantitative estimate of drug-likeness (QED) is 0.470. The molecule has 0 N–H and O–H groups in total. The van der Waals surface area contributed by atoms with Crippen LogP contribution in [0.5, 0.6) is 0 Å². The van der Waals surface area contributed by atoms with Gasteiger partial charge in [0, 0.05) is 13.2 Å². The van der Waals surface area contributed by atoms with Gasteiger partial charge in [-0.1, -0.05) is 0 Å². The number of hydrogen-bond acceptors (Lipinski definition) is 5. The Morgan fingerprint density at radius 2 is 1.50 bits per heavy atom. The number of esters is 2. The summed E-state index contributed by atoms with van der Waals surface area (Å²) in [6.07, 6.45) is 0.651. The molecule has 5 heteroatoms. The molecule has 0 aliphatic carbocycles. The van der Waals surface area contributed by atoms with Gasteiger partial charge < -0.3 is 14.2 Å². The Hall–Kier alpha value is -1.10. The number of methoxy groups -OCH3 is 2. The Morgan fingerprint density at radius 1 is 1.07 bits per heavy atom. The number of hydrogen-bond donors (Lipinski definition) is 0. The van der Waals surface area contributed by atoms with Crippen molar-refractivity contribution in [2.45, 2.75) is 12.8 Å². The van der Waals surface area contributed by atoms with Crippen LogP contribution in [0.25, 0.3) is 0 Å². The van der Waals surface area contributed by atoms with E-state index in [1.807, 2.05) is 0 Å². The highest BCUT2D eigenvalue weighted by Crippen LogP contribution is 2.33. The first-order valence-electron chi connectivity index (χ1n) is 4.42. The van der Waals surface area contributed by atoms with Gasteiger partial charge in [0.25, 0.3) is 0 Å². The molecule has 1 rings (SSSR count). The van der Waals surface area contributed by atoms with Crippen molar-refractivity contribution in [2.75, 3.05) is 27.4 Å². The lowest BCUT2D eigenvalue weighted by atomic mass is 9.80. The highest BCUT2D eigenvalue weighted by Gasteiger charge is 2.49. The Balaban J connectivity index is 2.87. The summed E-state index contributed by atoms with van der Waals surface area (Å²) in [5.74, 6) is -1.07. The summed E-state index contributed by atoms with van der Waals surface area (Å²) >= 11 is 0. The molecule has 5 nitrogen and oxygen atoms in total. The zero-order chi connectivity index (χ0) is 10.6. The molecule has 0 atom stereocenters. The van der Waals surface area contributed by atoms with E-state index in [9.17, 15) is 9.59 Å². The molecule has 1 heterocycles. The highest BCUT2D eigenvalue weighted by molar-refractivity contribution is 6.00. The molecule has 14 heavy (non-hydrogen) atoms. The summed E-state index contributed by atoms with van der Waals surface area (Å²) < 4.78 is 14.3. The standard InChI is InChI=1S/C9H14O5/c1-12-7(10)9(8(11)13-2)3-5-14-6-4-9/h3-6H2,1-2H3. The average Bonchev–Trinajstić information content (AvgIpc) is 2.27. The second-order valence-corrected chi connectivity index (χ2v) is 3.18. The molecule has 1 aliphatic heterocycles. The van der Waals surface area contributed by atoms with Crippen LogP contribution in [0.1, 0.15) is 12.8 Å². The van der Waals surface area contributed by atoms with Gasteiger partial charge in [-0.3, -0.25) is 9.59 Å². The van der Waals surface area contributed by atoms with E-state index in [2.05, 4.69) is 9.47 Å². The minimum atomic E-state index is -1.15. The summed E-state index contributed by atoms with van der Waals surface area (Å²) in [6, 6.07) is 0. The third kappa shape index (κ3) is 1.72. The molecular weight excluding hydrogens is 188 g/mol. The molecule has 1 saturated heterocycles. The lowest BCUT2D eigenvalue weighted by molar-refractivity contribution is -0.175. The second-order valence-electron chi connectivity index (χ2n) is 3.18. The summed E-state index contributed by atoms with van der Waals surface area (Å²) in [7, 11) is 2.53. The average molecular weight is 202 g/mol. The van der Waals surface area contributed by atoms with E-state index < -0.39 is 17.4 Å². The molecule has 0 unspecified atom stereocenters. The van der Waals surface area contributed by atoms with Gasteiger partial charge >= 0.3 is 11.9 Å². The van der Waals surface area contributed by atoms with Crippen molar-refractivity contribution in [2.24, 2.45) is 5.41 Å². The fourth-order valence-electron chi connectivity index (χ4n) is 1.60. The topological polar surface area (TPSA) is 61.8 Å². The van der Waals surface area contributed by atoms with Gasteiger partial charge in [-0.05, 0) is 12.8 Å². The van der Waals surface area contributed by atoms with Gasteiger partial charge in [-0.25, -0.2) is 0 Å². The predicted octanol–water partition coefficient (Wildman–Crippen LogP) is 0.129. The number of carbonyl (C=O) groups excluding carboxylic acids is 2. The Morgan fingerprint density at radius 3 is 1.86 bits per heavy atom. The normalized spacial score (nSPS) is 19.9. The van der Waals surface area contributed by atoms with Crippen LogP contribution in [-0.2, 0) is 23.8 Å².